The molecule has 0 heterocycles. The van der Waals surface area contributed by atoms with Crippen LogP contribution in [-0.2, 0) is 11.2 Å². The van der Waals surface area contributed by atoms with Crippen LogP contribution in [0.1, 0.15) is 80.3 Å². The van der Waals surface area contributed by atoms with Crippen LogP contribution in [0.2, 0.25) is 0 Å². The second-order valence-electron chi connectivity index (χ2n) is 7.43. The molecule has 1 aromatic carbocycles. The second-order valence-corrected chi connectivity index (χ2v) is 7.43. The fourth-order valence-electron chi connectivity index (χ4n) is 3.66. The van der Waals surface area contributed by atoms with Crippen LogP contribution < -0.4 is 0 Å². The van der Waals surface area contributed by atoms with Crippen molar-refractivity contribution in [2.75, 3.05) is 7.11 Å². The highest BCUT2D eigenvalue weighted by Gasteiger charge is 2.38. The van der Waals surface area contributed by atoms with E-state index in [0.29, 0.717) is 11.9 Å². The van der Waals surface area contributed by atoms with E-state index in [4.69, 9.17) is 4.74 Å². The molecule has 1 aliphatic rings. The highest BCUT2D eigenvalue weighted by atomic mass is 16.5. The van der Waals surface area contributed by atoms with Crippen molar-refractivity contribution in [3.8, 4) is 0 Å². The number of carbonyl (C=O) groups excluding carboxylic acids is 1. The Hall–Kier alpha value is -1.15. The van der Waals surface area contributed by atoms with Gasteiger partial charge in [-0.05, 0) is 62.6 Å². The number of rotatable bonds is 7. The summed E-state index contributed by atoms with van der Waals surface area (Å²) >= 11 is 0. The fraction of sp³-hybridized carbons (Fsp3) is 0.667. The van der Waals surface area contributed by atoms with E-state index in [9.17, 15) is 4.79 Å². The van der Waals surface area contributed by atoms with Crippen LogP contribution in [0.25, 0.3) is 0 Å². The molecule has 0 spiro atoms. The summed E-state index contributed by atoms with van der Waals surface area (Å²) in [7, 11) is 1.78. The lowest BCUT2D eigenvalue weighted by molar-refractivity contribution is 0.0306. The van der Waals surface area contributed by atoms with E-state index in [1.54, 1.807) is 7.11 Å². The zero-order valence-corrected chi connectivity index (χ0v) is 15.3. The number of aryl methyl sites for hydroxylation is 2. The van der Waals surface area contributed by atoms with E-state index in [2.05, 4.69) is 39.0 Å². The maximum absolute atomic E-state index is 13.2. The van der Waals surface area contributed by atoms with Crippen molar-refractivity contribution in [2.45, 2.75) is 78.2 Å². The molecule has 0 bridgehead atoms. The Balaban J connectivity index is 2.13. The third-order valence-electron chi connectivity index (χ3n) is 5.53. The molecule has 0 atom stereocenters. The average Bonchev–Trinajstić information content (AvgIpc) is 2.56. The molecule has 2 nitrogen and oxygen atoms in total. The van der Waals surface area contributed by atoms with Crippen molar-refractivity contribution < 1.29 is 9.53 Å². The van der Waals surface area contributed by atoms with Crippen LogP contribution in [0.15, 0.2) is 18.2 Å². The van der Waals surface area contributed by atoms with Crippen molar-refractivity contribution in [2.24, 2.45) is 5.41 Å². The third-order valence-corrected chi connectivity index (χ3v) is 5.53. The first-order valence-electron chi connectivity index (χ1n) is 9.17. The SMILES string of the molecule is CCCCCc1ccc(C)c(C(=O)C2(C)CCC(OC)CC2)c1. The Morgan fingerprint density at radius 1 is 1.26 bits per heavy atom. The average molecular weight is 316 g/mol. The van der Waals surface area contributed by atoms with Crippen molar-refractivity contribution in [3.05, 3.63) is 34.9 Å². The molecule has 1 saturated carbocycles. The summed E-state index contributed by atoms with van der Waals surface area (Å²) in [4.78, 5) is 13.2. The minimum Gasteiger partial charge on any atom is -0.381 e. The Morgan fingerprint density at radius 3 is 2.57 bits per heavy atom. The summed E-state index contributed by atoms with van der Waals surface area (Å²) < 4.78 is 5.46. The van der Waals surface area contributed by atoms with Gasteiger partial charge in [-0.3, -0.25) is 4.79 Å². The molecule has 23 heavy (non-hydrogen) atoms. The fourth-order valence-corrected chi connectivity index (χ4v) is 3.66. The first-order chi connectivity index (χ1) is 11.0. The standard InChI is InChI=1S/C21H32O2/c1-5-6-7-8-17-10-9-16(2)19(15-17)20(22)21(3)13-11-18(23-4)12-14-21/h9-10,15,18H,5-8,11-14H2,1-4H3. The number of methoxy groups -OCH3 is 1. The van der Waals surface area contributed by atoms with E-state index < -0.39 is 0 Å². The number of benzene rings is 1. The Kier molecular flexibility index (Phi) is 6.41. The number of hydrogen-bond donors (Lipinski definition) is 0. The molecule has 1 fully saturated rings. The number of ether oxygens (including phenoxy) is 1. The summed E-state index contributed by atoms with van der Waals surface area (Å²) in [6.45, 7) is 6.43. The molecule has 0 saturated heterocycles. The van der Waals surface area contributed by atoms with Gasteiger partial charge in [0, 0.05) is 18.1 Å². The van der Waals surface area contributed by atoms with Crippen molar-refractivity contribution in [1.29, 1.82) is 0 Å². The first-order valence-corrected chi connectivity index (χ1v) is 9.17. The van der Waals surface area contributed by atoms with Crippen LogP contribution in [0.4, 0.5) is 0 Å². The lowest BCUT2D eigenvalue weighted by Crippen LogP contribution is -2.35. The number of unbranched alkanes of at least 4 members (excludes halogenated alkanes) is 2. The minimum absolute atomic E-state index is 0.220. The van der Waals surface area contributed by atoms with Gasteiger partial charge >= 0.3 is 0 Å². The molecule has 2 rings (SSSR count). The number of carbonyl (C=O) groups is 1. The van der Waals surface area contributed by atoms with Gasteiger partial charge in [0.1, 0.15) is 0 Å². The number of hydrogen-bond acceptors (Lipinski definition) is 2. The zero-order chi connectivity index (χ0) is 16.9. The Morgan fingerprint density at radius 2 is 1.96 bits per heavy atom. The first kappa shape index (κ1) is 18.2. The summed E-state index contributed by atoms with van der Waals surface area (Å²) in [5, 5.41) is 0. The molecule has 2 heteroatoms. The summed E-state index contributed by atoms with van der Waals surface area (Å²) in [5.74, 6) is 0.335. The smallest absolute Gasteiger partial charge is 0.169 e. The molecule has 128 valence electrons. The maximum Gasteiger partial charge on any atom is 0.169 e. The van der Waals surface area contributed by atoms with E-state index in [-0.39, 0.29) is 5.41 Å². The van der Waals surface area contributed by atoms with Crippen molar-refractivity contribution in [1.82, 2.24) is 0 Å². The van der Waals surface area contributed by atoms with E-state index in [0.717, 1.165) is 43.2 Å². The van der Waals surface area contributed by atoms with Crippen molar-refractivity contribution in [3.63, 3.8) is 0 Å². The van der Waals surface area contributed by atoms with Crippen LogP contribution in [0.5, 0.6) is 0 Å². The van der Waals surface area contributed by atoms with Gasteiger partial charge in [0.25, 0.3) is 0 Å². The van der Waals surface area contributed by atoms with Gasteiger partial charge in [0.2, 0.25) is 0 Å². The molecular weight excluding hydrogens is 284 g/mol. The number of ketones is 1. The quantitative estimate of drug-likeness (QED) is 0.490. The minimum atomic E-state index is -0.220. The zero-order valence-electron chi connectivity index (χ0n) is 15.3. The molecule has 0 N–H and O–H groups in total. The van der Waals surface area contributed by atoms with Gasteiger partial charge in [-0.1, -0.05) is 38.8 Å². The van der Waals surface area contributed by atoms with Gasteiger partial charge in [0.15, 0.2) is 5.78 Å². The highest BCUT2D eigenvalue weighted by Crippen LogP contribution is 2.40. The van der Waals surface area contributed by atoms with Crippen molar-refractivity contribution >= 4 is 5.78 Å². The second kappa shape index (κ2) is 8.10. The largest absolute Gasteiger partial charge is 0.381 e. The topological polar surface area (TPSA) is 26.3 Å². The van der Waals surface area contributed by atoms with Crippen LogP contribution >= 0.6 is 0 Å². The molecule has 0 radical (unpaired) electrons. The molecular formula is C21H32O2. The van der Waals surface area contributed by atoms with E-state index >= 15 is 0 Å². The predicted molar refractivity (Wildman–Crippen MR) is 96.1 cm³/mol. The summed E-state index contributed by atoms with van der Waals surface area (Å²) in [6, 6.07) is 6.46. The molecule has 1 aromatic rings. The van der Waals surface area contributed by atoms with Gasteiger partial charge in [-0.2, -0.15) is 0 Å². The Bertz CT molecular complexity index is 525. The molecule has 0 aromatic heterocycles. The van der Waals surface area contributed by atoms with Gasteiger partial charge in [-0.15, -0.1) is 0 Å². The maximum atomic E-state index is 13.2. The molecule has 0 aliphatic heterocycles. The predicted octanol–water partition coefficient (Wildman–Crippen LogP) is 5.51. The van der Waals surface area contributed by atoms with Crippen LogP contribution in [0, 0.1) is 12.3 Å². The highest BCUT2D eigenvalue weighted by molar-refractivity contribution is 6.01. The molecule has 0 amide bonds. The van der Waals surface area contributed by atoms with E-state index in [1.165, 1.54) is 24.8 Å². The summed E-state index contributed by atoms with van der Waals surface area (Å²) in [5.41, 5.74) is 3.14. The Labute approximate surface area is 141 Å². The third kappa shape index (κ3) is 4.44. The number of Topliss-reactive ketones (excluding diaryl/α,β-unsaturated/α-hetero) is 1. The molecule has 0 unspecified atom stereocenters. The van der Waals surface area contributed by atoms with Gasteiger partial charge in [0.05, 0.1) is 6.10 Å². The van der Waals surface area contributed by atoms with E-state index in [1.807, 2.05) is 0 Å². The van der Waals surface area contributed by atoms with Crippen LogP contribution in [-0.4, -0.2) is 19.0 Å². The van der Waals surface area contributed by atoms with Crippen LogP contribution in [0.3, 0.4) is 0 Å². The van der Waals surface area contributed by atoms with Gasteiger partial charge < -0.3 is 4.74 Å². The monoisotopic (exact) mass is 316 g/mol. The summed E-state index contributed by atoms with van der Waals surface area (Å²) in [6.07, 6.45) is 8.97. The molecule has 1 aliphatic carbocycles. The normalized spacial score (nSPS) is 24.6. The lowest BCUT2D eigenvalue weighted by atomic mass is 9.69. The van der Waals surface area contributed by atoms with Gasteiger partial charge in [-0.25, -0.2) is 0 Å². The lowest BCUT2D eigenvalue weighted by Gasteiger charge is -2.36.